The van der Waals surface area contributed by atoms with E-state index in [-0.39, 0.29) is 5.69 Å². The minimum atomic E-state index is -0.398. The Morgan fingerprint density at radius 1 is 1.42 bits per heavy atom. The Balaban J connectivity index is 2.52. The molecule has 0 aromatic heterocycles. The van der Waals surface area contributed by atoms with Crippen LogP contribution < -0.4 is 5.32 Å². The summed E-state index contributed by atoms with van der Waals surface area (Å²) in [6.45, 7) is 4.87. The topological polar surface area (TPSA) is 55.2 Å². The molecule has 1 unspecified atom stereocenters. The van der Waals surface area contributed by atoms with Crippen molar-refractivity contribution in [3.8, 4) is 0 Å². The number of nitrogens with zero attached hydrogens (tertiary/aromatic N) is 1. The van der Waals surface area contributed by atoms with Gasteiger partial charge >= 0.3 is 0 Å². The number of halogens is 1. The lowest BCUT2D eigenvalue weighted by Crippen LogP contribution is -2.25. The number of hydrogen-bond acceptors (Lipinski definition) is 3. The van der Waals surface area contributed by atoms with E-state index in [9.17, 15) is 10.1 Å². The number of unbranched alkanes of at least 4 members (excludes halogenated alkanes) is 2. The number of non-ortho nitro benzene ring substituents is 1. The SMILES string of the molecule is CCCCCC(C)NCc1cc([N+](=O)[O-])ccc1Cl. The molecule has 0 bridgehead atoms. The van der Waals surface area contributed by atoms with Gasteiger partial charge < -0.3 is 5.32 Å². The van der Waals surface area contributed by atoms with E-state index < -0.39 is 4.92 Å². The number of hydrogen-bond donors (Lipinski definition) is 1. The van der Waals surface area contributed by atoms with Crippen LogP contribution in [0.4, 0.5) is 5.69 Å². The third-order valence-corrected chi connectivity index (χ3v) is 3.49. The smallest absolute Gasteiger partial charge is 0.269 e. The average molecular weight is 285 g/mol. The molecule has 106 valence electrons. The average Bonchev–Trinajstić information content (AvgIpc) is 2.37. The van der Waals surface area contributed by atoms with E-state index in [1.54, 1.807) is 6.07 Å². The molecule has 0 saturated heterocycles. The Morgan fingerprint density at radius 2 is 2.16 bits per heavy atom. The fraction of sp³-hybridized carbons (Fsp3) is 0.571. The third kappa shape index (κ3) is 5.57. The van der Waals surface area contributed by atoms with Gasteiger partial charge in [-0.05, 0) is 25.0 Å². The van der Waals surface area contributed by atoms with Crippen LogP contribution >= 0.6 is 11.6 Å². The molecule has 0 aliphatic rings. The zero-order valence-corrected chi connectivity index (χ0v) is 12.2. The number of rotatable bonds is 8. The van der Waals surface area contributed by atoms with Gasteiger partial charge in [0.15, 0.2) is 0 Å². The first-order chi connectivity index (χ1) is 9.04. The van der Waals surface area contributed by atoms with E-state index in [4.69, 9.17) is 11.6 Å². The maximum atomic E-state index is 10.7. The molecule has 0 heterocycles. The summed E-state index contributed by atoms with van der Waals surface area (Å²) in [4.78, 5) is 10.3. The lowest BCUT2D eigenvalue weighted by Gasteiger charge is -2.14. The summed E-state index contributed by atoms with van der Waals surface area (Å²) < 4.78 is 0. The number of nitrogens with one attached hydrogen (secondary N) is 1. The first kappa shape index (κ1) is 15.9. The zero-order chi connectivity index (χ0) is 14.3. The van der Waals surface area contributed by atoms with Crippen LogP contribution in [0.3, 0.4) is 0 Å². The van der Waals surface area contributed by atoms with Gasteiger partial charge in [0.05, 0.1) is 4.92 Å². The van der Waals surface area contributed by atoms with Crippen LogP contribution in [0.15, 0.2) is 18.2 Å². The predicted octanol–water partition coefficient (Wildman–Crippen LogP) is 4.31. The second kappa shape index (κ2) is 8.12. The van der Waals surface area contributed by atoms with E-state index in [0.29, 0.717) is 17.6 Å². The fourth-order valence-electron chi connectivity index (χ4n) is 1.90. The predicted molar refractivity (Wildman–Crippen MR) is 78.6 cm³/mol. The molecule has 1 atom stereocenters. The molecule has 0 fully saturated rings. The summed E-state index contributed by atoms with van der Waals surface area (Å²) in [5, 5.41) is 14.6. The Bertz CT molecular complexity index is 424. The first-order valence-electron chi connectivity index (χ1n) is 6.70. The maximum absolute atomic E-state index is 10.7. The molecule has 1 N–H and O–H groups in total. The molecule has 0 spiro atoms. The van der Waals surface area contributed by atoms with E-state index >= 15 is 0 Å². The van der Waals surface area contributed by atoms with Crippen molar-refractivity contribution in [3.05, 3.63) is 38.9 Å². The standard InChI is InChI=1S/C14H21ClN2O2/c1-3-4-5-6-11(2)16-10-12-9-13(17(18)19)7-8-14(12)15/h7-9,11,16H,3-6,10H2,1-2H3. The molecule has 1 rings (SSSR count). The quantitative estimate of drug-likeness (QED) is 0.440. The lowest BCUT2D eigenvalue weighted by atomic mass is 10.1. The normalized spacial score (nSPS) is 12.4. The van der Waals surface area contributed by atoms with Gasteiger partial charge in [-0.15, -0.1) is 0 Å². The summed E-state index contributed by atoms with van der Waals surface area (Å²) in [7, 11) is 0. The van der Waals surface area contributed by atoms with Crippen LogP contribution in [-0.4, -0.2) is 11.0 Å². The van der Waals surface area contributed by atoms with Crippen LogP contribution in [0.25, 0.3) is 0 Å². The Labute approximate surface area is 119 Å². The van der Waals surface area contributed by atoms with Crippen LogP contribution in [0.2, 0.25) is 5.02 Å². The minimum absolute atomic E-state index is 0.0832. The number of benzene rings is 1. The molecular weight excluding hydrogens is 264 g/mol. The summed E-state index contributed by atoms with van der Waals surface area (Å²) in [5.74, 6) is 0. The zero-order valence-electron chi connectivity index (χ0n) is 11.5. The molecule has 1 aromatic rings. The van der Waals surface area contributed by atoms with Crippen molar-refractivity contribution in [2.45, 2.75) is 52.1 Å². The second-order valence-corrected chi connectivity index (χ2v) is 5.22. The highest BCUT2D eigenvalue weighted by Gasteiger charge is 2.10. The van der Waals surface area contributed by atoms with E-state index in [2.05, 4.69) is 19.2 Å². The number of nitro benzene ring substituents is 1. The molecule has 19 heavy (non-hydrogen) atoms. The molecule has 0 amide bonds. The summed E-state index contributed by atoms with van der Waals surface area (Å²) in [6, 6.07) is 4.94. The van der Waals surface area contributed by atoms with Crippen molar-refractivity contribution in [1.29, 1.82) is 0 Å². The van der Waals surface area contributed by atoms with Crippen molar-refractivity contribution in [2.24, 2.45) is 0 Å². The highest BCUT2D eigenvalue weighted by atomic mass is 35.5. The highest BCUT2D eigenvalue weighted by Crippen LogP contribution is 2.22. The molecule has 5 heteroatoms. The summed E-state index contributed by atoms with van der Waals surface area (Å²) >= 11 is 6.05. The minimum Gasteiger partial charge on any atom is -0.310 e. The van der Waals surface area contributed by atoms with Gasteiger partial charge in [-0.1, -0.05) is 37.8 Å². The van der Waals surface area contributed by atoms with E-state index in [0.717, 1.165) is 12.0 Å². The van der Waals surface area contributed by atoms with Gasteiger partial charge in [-0.25, -0.2) is 0 Å². The molecule has 0 radical (unpaired) electrons. The third-order valence-electron chi connectivity index (χ3n) is 3.12. The Kier molecular flexibility index (Phi) is 6.81. The summed E-state index contributed by atoms with van der Waals surface area (Å²) in [5.41, 5.74) is 0.859. The van der Waals surface area contributed by atoms with Crippen LogP contribution in [-0.2, 0) is 6.54 Å². The molecule has 4 nitrogen and oxygen atoms in total. The van der Waals surface area contributed by atoms with Gasteiger partial charge in [-0.2, -0.15) is 0 Å². The monoisotopic (exact) mass is 284 g/mol. The fourth-order valence-corrected chi connectivity index (χ4v) is 2.08. The highest BCUT2D eigenvalue weighted by molar-refractivity contribution is 6.31. The summed E-state index contributed by atoms with van der Waals surface area (Å²) in [6.07, 6.45) is 4.76. The molecular formula is C14H21ClN2O2. The van der Waals surface area contributed by atoms with Crippen molar-refractivity contribution in [1.82, 2.24) is 5.32 Å². The Hall–Kier alpha value is -1.13. The van der Waals surface area contributed by atoms with Gasteiger partial charge in [0.1, 0.15) is 0 Å². The van der Waals surface area contributed by atoms with Crippen molar-refractivity contribution in [2.75, 3.05) is 0 Å². The van der Waals surface area contributed by atoms with Crippen molar-refractivity contribution < 1.29 is 4.92 Å². The van der Waals surface area contributed by atoms with Crippen LogP contribution in [0, 0.1) is 10.1 Å². The maximum Gasteiger partial charge on any atom is 0.269 e. The second-order valence-electron chi connectivity index (χ2n) is 4.81. The molecule has 0 saturated carbocycles. The van der Waals surface area contributed by atoms with Crippen LogP contribution in [0.5, 0.6) is 0 Å². The molecule has 1 aromatic carbocycles. The van der Waals surface area contributed by atoms with Gasteiger partial charge in [0.25, 0.3) is 5.69 Å². The lowest BCUT2D eigenvalue weighted by molar-refractivity contribution is -0.384. The molecule has 0 aliphatic heterocycles. The van der Waals surface area contributed by atoms with E-state index in [1.165, 1.54) is 31.4 Å². The van der Waals surface area contributed by atoms with Crippen molar-refractivity contribution >= 4 is 17.3 Å². The van der Waals surface area contributed by atoms with Gasteiger partial charge in [0.2, 0.25) is 0 Å². The Morgan fingerprint density at radius 3 is 2.79 bits per heavy atom. The first-order valence-corrected chi connectivity index (χ1v) is 7.08. The number of nitro groups is 1. The molecule has 0 aliphatic carbocycles. The van der Waals surface area contributed by atoms with Gasteiger partial charge in [0, 0.05) is 29.7 Å². The van der Waals surface area contributed by atoms with Gasteiger partial charge in [-0.3, -0.25) is 10.1 Å². The van der Waals surface area contributed by atoms with Crippen molar-refractivity contribution in [3.63, 3.8) is 0 Å². The largest absolute Gasteiger partial charge is 0.310 e. The van der Waals surface area contributed by atoms with E-state index in [1.807, 2.05) is 0 Å². The van der Waals surface area contributed by atoms with Crippen LogP contribution in [0.1, 0.15) is 45.1 Å².